The third kappa shape index (κ3) is 7.21. The molecule has 4 nitrogen and oxygen atoms in total. The van der Waals surface area contributed by atoms with Crippen LogP contribution in [-0.2, 0) is 4.74 Å². The van der Waals surface area contributed by atoms with Gasteiger partial charge in [-0.25, -0.2) is 4.79 Å². The molecule has 3 saturated carbocycles. The molecule has 1 aliphatic heterocycles. The van der Waals surface area contributed by atoms with E-state index in [1.54, 1.807) is 10.5 Å². The van der Waals surface area contributed by atoms with E-state index in [0.717, 1.165) is 56.7 Å². The molecule has 5 rings (SSSR count). The Balaban J connectivity index is 0.000000301. The average Bonchev–Trinajstić information content (AvgIpc) is 3.55. The fraction of sp³-hybridized carbons (Fsp3) is 0.784. The molecular formula is C37H62N2O2. The number of allylic oxidation sites excluding steroid dienone is 3. The van der Waals surface area contributed by atoms with Gasteiger partial charge in [0.1, 0.15) is 5.60 Å². The molecule has 0 radical (unpaired) electrons. The van der Waals surface area contributed by atoms with E-state index in [9.17, 15) is 4.79 Å². The fourth-order valence-corrected chi connectivity index (χ4v) is 9.02. The molecule has 41 heavy (non-hydrogen) atoms. The van der Waals surface area contributed by atoms with Gasteiger partial charge >= 0.3 is 6.09 Å². The van der Waals surface area contributed by atoms with Crippen molar-refractivity contribution in [2.45, 2.75) is 132 Å². The second-order valence-corrected chi connectivity index (χ2v) is 15.1. The highest BCUT2D eigenvalue weighted by molar-refractivity contribution is 5.85. The Bertz CT molecular complexity index is 1030. The molecule has 6 unspecified atom stereocenters. The van der Waals surface area contributed by atoms with Crippen molar-refractivity contribution in [1.82, 2.24) is 4.90 Å². The molecule has 1 saturated heterocycles. The number of hydrogen-bond acceptors (Lipinski definition) is 3. The van der Waals surface area contributed by atoms with E-state index < -0.39 is 0 Å². The predicted octanol–water partition coefficient (Wildman–Crippen LogP) is 10.2. The number of ether oxygens (including phenoxy) is 1. The molecule has 1 heterocycles. The van der Waals surface area contributed by atoms with Gasteiger partial charge in [-0.3, -0.25) is 4.99 Å². The first-order chi connectivity index (χ1) is 18.8. The highest BCUT2D eigenvalue weighted by Crippen LogP contribution is 2.67. The van der Waals surface area contributed by atoms with Crippen LogP contribution in [0.4, 0.5) is 4.79 Å². The molecule has 0 aromatic heterocycles. The summed E-state index contributed by atoms with van der Waals surface area (Å²) in [5, 5.41) is 0. The lowest BCUT2D eigenvalue weighted by Gasteiger charge is -2.58. The van der Waals surface area contributed by atoms with Crippen molar-refractivity contribution >= 4 is 11.8 Å². The van der Waals surface area contributed by atoms with Gasteiger partial charge in [0.05, 0.1) is 6.54 Å². The molecule has 0 N–H and O–H groups in total. The van der Waals surface area contributed by atoms with Gasteiger partial charge in [-0.15, -0.1) is 0 Å². The number of amides is 1. The van der Waals surface area contributed by atoms with Crippen LogP contribution in [0.2, 0.25) is 0 Å². The van der Waals surface area contributed by atoms with Gasteiger partial charge in [0.2, 0.25) is 0 Å². The Morgan fingerprint density at radius 2 is 1.76 bits per heavy atom. The van der Waals surface area contributed by atoms with Gasteiger partial charge in [-0.1, -0.05) is 64.2 Å². The molecule has 0 aromatic carbocycles. The molecule has 4 aliphatic carbocycles. The van der Waals surface area contributed by atoms with Crippen molar-refractivity contribution in [1.29, 1.82) is 0 Å². The minimum absolute atomic E-state index is 0. The second kappa shape index (κ2) is 13.2. The Labute approximate surface area is 253 Å². The predicted molar refractivity (Wildman–Crippen MR) is 176 cm³/mol. The molecule has 0 spiro atoms. The Morgan fingerprint density at radius 3 is 2.39 bits per heavy atom. The Kier molecular flexibility index (Phi) is 10.8. The van der Waals surface area contributed by atoms with Crippen LogP contribution < -0.4 is 0 Å². The molecular weight excluding hydrogens is 504 g/mol. The Morgan fingerprint density at radius 1 is 1.07 bits per heavy atom. The minimum Gasteiger partial charge on any atom is -0.444 e. The van der Waals surface area contributed by atoms with Gasteiger partial charge in [0, 0.05) is 24.7 Å². The largest absolute Gasteiger partial charge is 0.444 e. The van der Waals surface area contributed by atoms with Crippen LogP contribution in [0, 0.1) is 34.5 Å². The van der Waals surface area contributed by atoms with E-state index in [-0.39, 0.29) is 19.1 Å². The summed E-state index contributed by atoms with van der Waals surface area (Å²) in [6.45, 7) is 26.4. The van der Waals surface area contributed by atoms with Crippen LogP contribution in [0.15, 0.2) is 40.9 Å². The van der Waals surface area contributed by atoms with Crippen molar-refractivity contribution in [3.8, 4) is 0 Å². The zero-order chi connectivity index (χ0) is 29.3. The van der Waals surface area contributed by atoms with Crippen molar-refractivity contribution in [2.75, 3.05) is 19.6 Å². The number of likely N-dealkylation sites (tertiary alicyclic amines) is 1. The summed E-state index contributed by atoms with van der Waals surface area (Å²) < 4.78 is 5.21. The van der Waals surface area contributed by atoms with Crippen molar-refractivity contribution in [3.63, 3.8) is 0 Å². The number of carbonyl (C=O) groups excluding carboxylic acids is 1. The number of aliphatic imine (C=N–C) groups is 1. The summed E-state index contributed by atoms with van der Waals surface area (Å²) in [4.78, 5) is 18.1. The van der Waals surface area contributed by atoms with Crippen molar-refractivity contribution in [2.24, 2.45) is 39.5 Å². The molecule has 5 aliphatic rings. The van der Waals surface area contributed by atoms with E-state index in [0.29, 0.717) is 16.7 Å². The van der Waals surface area contributed by atoms with Crippen molar-refractivity contribution in [3.05, 3.63) is 36.0 Å². The standard InChI is InChI=1S/C27H41N.C9H17NO2.CH4/c1-7-18(2)17-28-20(4)23-10-11-24-22-9-8-21-16-19(3)12-14-26(21,5)25(22)13-15-27(23,24)6;1-9(2,3)12-8(11)10-6-4-5-7-10;/h16,22-25H,2-3,7-15,17H2,1,4-6H3;4-7H2,1-3H3;1H4. The number of rotatable bonds is 4. The summed E-state index contributed by atoms with van der Waals surface area (Å²) in [6, 6.07) is 0. The zero-order valence-corrected chi connectivity index (χ0v) is 26.9. The number of carbonyl (C=O) groups is 1. The highest BCUT2D eigenvalue weighted by Gasteiger charge is 2.59. The normalized spacial score (nSPS) is 34.7. The summed E-state index contributed by atoms with van der Waals surface area (Å²) in [5.74, 6) is 3.42. The molecule has 0 bridgehead atoms. The van der Waals surface area contributed by atoms with Crippen LogP contribution in [0.3, 0.4) is 0 Å². The van der Waals surface area contributed by atoms with Crippen LogP contribution in [-0.4, -0.2) is 41.9 Å². The molecule has 0 aromatic rings. The molecule has 1 amide bonds. The maximum absolute atomic E-state index is 11.4. The zero-order valence-electron chi connectivity index (χ0n) is 26.9. The highest BCUT2D eigenvalue weighted by atomic mass is 16.6. The quantitative estimate of drug-likeness (QED) is 0.251. The van der Waals surface area contributed by atoms with E-state index in [4.69, 9.17) is 9.73 Å². The van der Waals surface area contributed by atoms with Gasteiger partial charge in [0.15, 0.2) is 0 Å². The average molecular weight is 567 g/mol. The van der Waals surface area contributed by atoms with E-state index in [2.05, 4.69) is 46.9 Å². The number of fused-ring (bicyclic) bond motifs is 5. The third-order valence-electron chi connectivity index (χ3n) is 11.4. The van der Waals surface area contributed by atoms with E-state index in [1.807, 2.05) is 20.8 Å². The van der Waals surface area contributed by atoms with E-state index in [1.165, 1.54) is 68.2 Å². The Hall–Kier alpha value is -1.84. The summed E-state index contributed by atoms with van der Waals surface area (Å²) in [6.07, 6.45) is 16.4. The first kappa shape index (κ1) is 33.7. The monoisotopic (exact) mass is 566 g/mol. The number of hydrogen-bond donors (Lipinski definition) is 0. The second-order valence-electron chi connectivity index (χ2n) is 15.1. The maximum atomic E-state index is 11.4. The summed E-state index contributed by atoms with van der Waals surface area (Å²) >= 11 is 0. The van der Waals surface area contributed by atoms with Gasteiger partial charge in [-0.05, 0) is 127 Å². The first-order valence-corrected chi connectivity index (χ1v) is 16.3. The number of nitrogens with zero attached hydrogens (tertiary/aromatic N) is 2. The lowest BCUT2D eigenvalue weighted by Crippen LogP contribution is -2.50. The fourth-order valence-electron chi connectivity index (χ4n) is 9.02. The third-order valence-corrected chi connectivity index (χ3v) is 11.4. The molecule has 232 valence electrons. The topological polar surface area (TPSA) is 41.9 Å². The molecule has 4 heteroatoms. The lowest BCUT2D eigenvalue weighted by molar-refractivity contribution is -0.0417. The summed E-state index contributed by atoms with van der Waals surface area (Å²) in [7, 11) is 0. The van der Waals surface area contributed by atoms with Gasteiger partial charge in [-0.2, -0.15) is 0 Å². The maximum Gasteiger partial charge on any atom is 0.410 e. The minimum atomic E-state index is -0.361. The summed E-state index contributed by atoms with van der Waals surface area (Å²) in [5.41, 5.74) is 6.34. The smallest absolute Gasteiger partial charge is 0.410 e. The van der Waals surface area contributed by atoms with Gasteiger partial charge in [0.25, 0.3) is 0 Å². The van der Waals surface area contributed by atoms with Crippen molar-refractivity contribution < 1.29 is 9.53 Å². The van der Waals surface area contributed by atoms with Crippen LogP contribution in [0.25, 0.3) is 0 Å². The van der Waals surface area contributed by atoms with Crippen LogP contribution >= 0.6 is 0 Å². The van der Waals surface area contributed by atoms with Gasteiger partial charge < -0.3 is 9.64 Å². The lowest BCUT2D eigenvalue weighted by atomic mass is 9.46. The SMILES string of the molecule is C.C=C1C=C2CCC3C(CCC4(C)C(C(C)=NCC(=C)CC)CCC34)C2(C)CC1.CC(C)(C)OC(=O)N1CCCC1. The first-order valence-electron chi connectivity index (χ1n) is 16.3. The van der Waals surface area contributed by atoms with Crippen LogP contribution in [0.5, 0.6) is 0 Å². The molecule has 6 atom stereocenters. The van der Waals surface area contributed by atoms with E-state index >= 15 is 0 Å². The van der Waals surface area contributed by atoms with Crippen LogP contribution in [0.1, 0.15) is 127 Å². The molecule has 4 fully saturated rings.